The van der Waals surface area contributed by atoms with Crippen LogP contribution in [-0.2, 0) is 15.7 Å². The quantitative estimate of drug-likeness (QED) is 0.523. The molecule has 0 unspecified atom stereocenters. The van der Waals surface area contributed by atoms with Gasteiger partial charge >= 0.3 is 12.1 Å². The summed E-state index contributed by atoms with van der Waals surface area (Å²) in [6.07, 6.45) is -4.42. The molecule has 0 atom stereocenters. The number of carbonyl (C=O) groups excluding carboxylic acids is 1. The van der Waals surface area contributed by atoms with Gasteiger partial charge in [0, 0.05) is 10.6 Å². The van der Waals surface area contributed by atoms with Crippen molar-refractivity contribution in [1.29, 1.82) is 0 Å². The Morgan fingerprint density at radius 3 is 2.61 bits per heavy atom. The molecule has 100 valence electrons. The Labute approximate surface area is 106 Å². The van der Waals surface area contributed by atoms with Crippen molar-refractivity contribution in [3.05, 3.63) is 23.8 Å². The van der Waals surface area contributed by atoms with Gasteiger partial charge in [-0.3, -0.25) is 4.79 Å². The molecule has 0 bridgehead atoms. The largest absolute Gasteiger partial charge is 0.465 e. The molecule has 2 N–H and O–H groups in total. The smallest absolute Gasteiger partial charge is 0.416 e. The third-order valence-corrected chi connectivity index (χ3v) is 3.05. The lowest BCUT2D eigenvalue weighted by Crippen LogP contribution is -2.08. The maximum atomic E-state index is 12.4. The van der Waals surface area contributed by atoms with Crippen LogP contribution in [0.3, 0.4) is 0 Å². The summed E-state index contributed by atoms with van der Waals surface area (Å²) >= 11 is 1.05. The van der Waals surface area contributed by atoms with Gasteiger partial charge in [0.1, 0.15) is 0 Å². The molecule has 0 heterocycles. The minimum atomic E-state index is -4.42. The van der Waals surface area contributed by atoms with E-state index in [4.69, 9.17) is 10.5 Å². The van der Waals surface area contributed by atoms with Crippen LogP contribution in [0.4, 0.5) is 18.9 Å². The van der Waals surface area contributed by atoms with Crippen LogP contribution in [0.2, 0.25) is 0 Å². The van der Waals surface area contributed by atoms with Gasteiger partial charge < -0.3 is 10.5 Å². The van der Waals surface area contributed by atoms with Crippen LogP contribution < -0.4 is 5.73 Å². The van der Waals surface area contributed by atoms with Gasteiger partial charge in [-0.2, -0.15) is 13.2 Å². The molecule has 0 aliphatic rings. The first-order chi connectivity index (χ1) is 8.34. The third kappa shape index (κ3) is 4.14. The fourth-order valence-electron chi connectivity index (χ4n) is 1.20. The first-order valence-corrected chi connectivity index (χ1v) is 6.08. The third-order valence-electron chi connectivity index (χ3n) is 1.99. The number of thioether (sulfide) groups is 1. The van der Waals surface area contributed by atoms with E-state index in [9.17, 15) is 18.0 Å². The molecule has 0 aliphatic carbocycles. The van der Waals surface area contributed by atoms with Gasteiger partial charge in [0.25, 0.3) is 0 Å². The summed E-state index contributed by atoms with van der Waals surface area (Å²) < 4.78 is 41.8. The maximum absolute atomic E-state index is 12.4. The molecule has 7 heteroatoms. The van der Waals surface area contributed by atoms with Crippen molar-refractivity contribution < 1.29 is 22.7 Å². The molecular weight excluding hydrogens is 267 g/mol. The van der Waals surface area contributed by atoms with Crippen molar-refractivity contribution in [3.63, 3.8) is 0 Å². The fourth-order valence-corrected chi connectivity index (χ4v) is 1.94. The normalized spacial score (nSPS) is 11.3. The van der Waals surface area contributed by atoms with E-state index in [1.165, 1.54) is 6.07 Å². The van der Waals surface area contributed by atoms with E-state index in [1.54, 1.807) is 6.92 Å². The Kier molecular flexibility index (Phi) is 4.89. The Balaban J connectivity index is 2.72. The molecule has 0 amide bonds. The predicted octanol–water partition coefficient (Wildman–Crippen LogP) is 2.94. The number of carbonyl (C=O) groups is 1. The lowest BCUT2D eigenvalue weighted by Gasteiger charge is -2.10. The van der Waals surface area contributed by atoms with Crippen LogP contribution >= 0.6 is 11.8 Å². The second-order valence-electron chi connectivity index (χ2n) is 3.34. The highest BCUT2D eigenvalue weighted by Crippen LogP contribution is 2.34. The SMILES string of the molecule is CCOC(=O)CSc1ccc(C(F)(F)F)cc1N. The van der Waals surface area contributed by atoms with Crippen LogP contribution in [0, 0.1) is 0 Å². The molecule has 3 nitrogen and oxygen atoms in total. The van der Waals surface area contributed by atoms with Crippen molar-refractivity contribution in [2.75, 3.05) is 18.1 Å². The second-order valence-corrected chi connectivity index (χ2v) is 4.36. The number of nitrogens with two attached hydrogens (primary N) is 1. The lowest BCUT2D eigenvalue weighted by atomic mass is 10.2. The summed E-state index contributed by atoms with van der Waals surface area (Å²) in [4.78, 5) is 11.5. The minimum absolute atomic E-state index is 0.000812. The maximum Gasteiger partial charge on any atom is 0.416 e. The minimum Gasteiger partial charge on any atom is -0.465 e. The number of hydrogen-bond donors (Lipinski definition) is 1. The molecule has 1 rings (SSSR count). The molecule has 0 saturated carbocycles. The van der Waals surface area contributed by atoms with Gasteiger partial charge in [0.2, 0.25) is 0 Å². The van der Waals surface area contributed by atoms with Crippen LogP contribution in [-0.4, -0.2) is 18.3 Å². The number of anilines is 1. The molecule has 0 radical (unpaired) electrons. The van der Waals surface area contributed by atoms with Crippen molar-refractivity contribution >= 4 is 23.4 Å². The van der Waals surface area contributed by atoms with Crippen LogP contribution in [0.1, 0.15) is 12.5 Å². The highest BCUT2D eigenvalue weighted by atomic mass is 32.2. The monoisotopic (exact) mass is 279 g/mol. The van der Waals surface area contributed by atoms with Crippen molar-refractivity contribution in [3.8, 4) is 0 Å². The second kappa shape index (κ2) is 5.99. The number of benzene rings is 1. The molecule has 0 aromatic heterocycles. The Bertz CT molecular complexity index is 435. The average molecular weight is 279 g/mol. The lowest BCUT2D eigenvalue weighted by molar-refractivity contribution is -0.140. The summed E-state index contributed by atoms with van der Waals surface area (Å²) in [5.74, 6) is -0.412. The molecular formula is C11H12F3NO2S. The Morgan fingerprint density at radius 1 is 1.44 bits per heavy atom. The fraction of sp³-hybridized carbons (Fsp3) is 0.364. The highest BCUT2D eigenvalue weighted by molar-refractivity contribution is 8.00. The van der Waals surface area contributed by atoms with Crippen LogP contribution in [0.25, 0.3) is 0 Å². The van der Waals surface area contributed by atoms with Gasteiger partial charge in [-0.25, -0.2) is 0 Å². The summed E-state index contributed by atoms with van der Waals surface area (Å²) in [5, 5.41) is 0. The molecule has 0 spiro atoms. The number of esters is 1. The van der Waals surface area contributed by atoms with E-state index in [2.05, 4.69) is 0 Å². The zero-order chi connectivity index (χ0) is 13.8. The summed E-state index contributed by atoms with van der Waals surface area (Å²) in [5.41, 5.74) is 4.70. The molecule has 18 heavy (non-hydrogen) atoms. The van der Waals surface area contributed by atoms with E-state index in [1.807, 2.05) is 0 Å². The zero-order valence-electron chi connectivity index (χ0n) is 9.58. The topological polar surface area (TPSA) is 52.3 Å². The van der Waals surface area contributed by atoms with E-state index in [-0.39, 0.29) is 18.0 Å². The predicted molar refractivity (Wildman–Crippen MR) is 63.2 cm³/mol. The molecule has 1 aromatic rings. The first kappa shape index (κ1) is 14.7. The zero-order valence-corrected chi connectivity index (χ0v) is 10.4. The molecule has 0 fully saturated rings. The van der Waals surface area contributed by atoms with E-state index < -0.39 is 17.7 Å². The standard InChI is InChI=1S/C11H12F3NO2S/c1-2-17-10(16)6-18-9-4-3-7(5-8(9)15)11(12,13)14/h3-5H,2,6,15H2,1H3. The van der Waals surface area contributed by atoms with Crippen molar-refractivity contribution in [1.82, 2.24) is 0 Å². The molecule has 0 saturated heterocycles. The van der Waals surface area contributed by atoms with Gasteiger partial charge in [-0.1, -0.05) is 0 Å². The summed E-state index contributed by atoms with van der Waals surface area (Å²) in [6.45, 7) is 1.94. The molecule has 0 aliphatic heterocycles. The van der Waals surface area contributed by atoms with E-state index >= 15 is 0 Å². The van der Waals surface area contributed by atoms with Gasteiger partial charge in [-0.05, 0) is 25.1 Å². The summed E-state index contributed by atoms with van der Waals surface area (Å²) in [6, 6.07) is 3.04. The van der Waals surface area contributed by atoms with Crippen molar-refractivity contribution in [2.24, 2.45) is 0 Å². The van der Waals surface area contributed by atoms with Crippen LogP contribution in [0.15, 0.2) is 23.1 Å². The number of hydrogen-bond acceptors (Lipinski definition) is 4. The van der Waals surface area contributed by atoms with Gasteiger partial charge in [0.05, 0.1) is 17.9 Å². The Hall–Kier alpha value is -1.37. The number of rotatable bonds is 4. The highest BCUT2D eigenvalue weighted by Gasteiger charge is 2.30. The number of halogens is 3. The summed E-state index contributed by atoms with van der Waals surface area (Å²) in [7, 11) is 0. The number of nitrogen functional groups attached to an aromatic ring is 1. The first-order valence-electron chi connectivity index (χ1n) is 5.09. The van der Waals surface area contributed by atoms with E-state index in [0.717, 1.165) is 23.9 Å². The van der Waals surface area contributed by atoms with Gasteiger partial charge in [0.15, 0.2) is 0 Å². The van der Waals surface area contributed by atoms with Crippen LogP contribution in [0.5, 0.6) is 0 Å². The Morgan fingerprint density at radius 2 is 2.11 bits per heavy atom. The van der Waals surface area contributed by atoms with Gasteiger partial charge in [-0.15, -0.1) is 11.8 Å². The molecule has 1 aromatic carbocycles. The average Bonchev–Trinajstić information content (AvgIpc) is 2.26. The van der Waals surface area contributed by atoms with E-state index in [0.29, 0.717) is 4.90 Å². The number of alkyl halides is 3. The number of ether oxygens (including phenoxy) is 1. The van der Waals surface area contributed by atoms with Crippen molar-refractivity contribution in [2.45, 2.75) is 18.0 Å².